The molecule has 0 saturated carbocycles. The van der Waals surface area contributed by atoms with E-state index in [4.69, 9.17) is 9.47 Å². The number of nitrogens with one attached hydrogen (secondary N) is 2. The molecule has 0 radical (unpaired) electrons. The number of benzene rings is 1. The molecule has 1 aromatic carbocycles. The molecule has 1 unspecified atom stereocenters. The van der Waals surface area contributed by atoms with Gasteiger partial charge in [0.1, 0.15) is 5.75 Å². The van der Waals surface area contributed by atoms with Gasteiger partial charge >= 0.3 is 5.97 Å². The van der Waals surface area contributed by atoms with E-state index in [1.165, 1.54) is 7.11 Å². The fourth-order valence-electron chi connectivity index (χ4n) is 3.69. The lowest BCUT2D eigenvalue weighted by atomic mass is 9.80. The van der Waals surface area contributed by atoms with E-state index in [2.05, 4.69) is 16.4 Å². The Kier molecular flexibility index (Phi) is 6.26. The summed E-state index contributed by atoms with van der Waals surface area (Å²) in [5, 5.41) is 12.5. The first-order chi connectivity index (χ1) is 14.4. The number of aromatic amines is 1. The van der Waals surface area contributed by atoms with E-state index in [0.717, 1.165) is 18.4 Å². The Morgan fingerprint density at radius 3 is 2.73 bits per heavy atom. The van der Waals surface area contributed by atoms with Gasteiger partial charge in [0, 0.05) is 17.5 Å². The van der Waals surface area contributed by atoms with Gasteiger partial charge in [0.15, 0.2) is 0 Å². The van der Waals surface area contributed by atoms with Gasteiger partial charge in [-0.25, -0.2) is 4.79 Å². The number of aryl methyl sites for hydroxylation is 1. The zero-order chi connectivity index (χ0) is 21.8. The highest BCUT2D eigenvalue weighted by atomic mass is 16.5. The van der Waals surface area contributed by atoms with Crippen molar-refractivity contribution >= 4 is 11.7 Å². The van der Waals surface area contributed by atoms with E-state index in [1.807, 2.05) is 13.8 Å². The summed E-state index contributed by atoms with van der Waals surface area (Å²) in [4.78, 5) is 28.7. The summed E-state index contributed by atoms with van der Waals surface area (Å²) in [6, 6.07) is 7.07. The molecule has 3 rings (SSSR count). The number of nitriles is 1. The molecule has 0 bridgehead atoms. The van der Waals surface area contributed by atoms with Crippen molar-refractivity contribution in [2.24, 2.45) is 0 Å². The van der Waals surface area contributed by atoms with Crippen LogP contribution in [0.15, 0.2) is 40.5 Å². The molecule has 0 aliphatic carbocycles. The number of carbonyl (C=O) groups is 1. The minimum Gasteiger partial charge on any atom is -0.496 e. The third-order valence-corrected chi connectivity index (χ3v) is 5.25. The predicted octanol–water partition coefficient (Wildman–Crippen LogP) is 3.74. The number of ether oxygens (including phenoxy) is 2. The number of hydrogen-bond donors (Lipinski definition) is 2. The van der Waals surface area contributed by atoms with E-state index >= 15 is 0 Å². The van der Waals surface area contributed by atoms with Gasteiger partial charge in [-0.05, 0) is 38.0 Å². The molecule has 1 aromatic heterocycles. The topological polar surface area (TPSA) is 104 Å². The highest BCUT2D eigenvalue weighted by molar-refractivity contribution is 5.95. The number of aromatic nitrogens is 1. The number of allylic oxidation sites excluding steroid dienone is 1. The number of unbranched alkanes of at least 4 members (excludes halogenated alkanes) is 1. The maximum Gasteiger partial charge on any atom is 0.336 e. The lowest BCUT2D eigenvalue weighted by molar-refractivity contribution is -0.139. The van der Waals surface area contributed by atoms with E-state index < -0.39 is 11.9 Å². The van der Waals surface area contributed by atoms with Gasteiger partial charge in [-0.2, -0.15) is 5.26 Å². The minimum atomic E-state index is -0.693. The van der Waals surface area contributed by atoms with Crippen LogP contribution < -0.4 is 15.6 Å². The molecule has 0 fully saturated rings. The average Bonchev–Trinajstić information content (AvgIpc) is 2.75. The van der Waals surface area contributed by atoms with Gasteiger partial charge < -0.3 is 19.8 Å². The molecule has 1 atom stereocenters. The highest BCUT2D eigenvalue weighted by Crippen LogP contribution is 2.44. The van der Waals surface area contributed by atoms with E-state index in [9.17, 15) is 14.9 Å². The second kappa shape index (κ2) is 8.87. The quantitative estimate of drug-likeness (QED) is 0.558. The van der Waals surface area contributed by atoms with Crippen molar-refractivity contribution in [1.29, 1.82) is 5.26 Å². The van der Waals surface area contributed by atoms with Crippen LogP contribution in [0.5, 0.6) is 5.75 Å². The highest BCUT2D eigenvalue weighted by Gasteiger charge is 2.37. The van der Waals surface area contributed by atoms with Crippen LogP contribution in [-0.4, -0.2) is 24.7 Å². The maximum absolute atomic E-state index is 13.1. The Morgan fingerprint density at radius 1 is 1.30 bits per heavy atom. The first kappa shape index (κ1) is 21.2. The zero-order valence-corrected chi connectivity index (χ0v) is 17.6. The number of hydrogen-bond acceptors (Lipinski definition) is 6. The SMILES string of the molecule is CCCCOC(=O)C1=C(C)Nc2c(C)c[nH]c(=O)c2C1c1ccc(C#N)cc1OC. The van der Waals surface area contributed by atoms with E-state index in [-0.39, 0.29) is 5.56 Å². The molecular weight excluding hydrogens is 382 g/mol. The van der Waals surface area contributed by atoms with Crippen molar-refractivity contribution in [3.63, 3.8) is 0 Å². The molecule has 0 amide bonds. The first-order valence-electron chi connectivity index (χ1n) is 9.88. The third-order valence-electron chi connectivity index (χ3n) is 5.25. The van der Waals surface area contributed by atoms with Crippen LogP contribution in [0.25, 0.3) is 0 Å². The number of methoxy groups -OCH3 is 1. The smallest absolute Gasteiger partial charge is 0.336 e. The number of carbonyl (C=O) groups excluding carboxylic acids is 1. The molecule has 7 heteroatoms. The molecule has 2 N–H and O–H groups in total. The van der Waals surface area contributed by atoms with Crippen molar-refractivity contribution in [1.82, 2.24) is 4.98 Å². The van der Waals surface area contributed by atoms with E-state index in [1.54, 1.807) is 31.3 Å². The minimum absolute atomic E-state index is 0.300. The number of rotatable bonds is 6. The number of esters is 1. The third kappa shape index (κ3) is 3.81. The lowest BCUT2D eigenvalue weighted by Gasteiger charge is -2.31. The first-order valence-corrected chi connectivity index (χ1v) is 9.88. The Bertz CT molecular complexity index is 1110. The van der Waals surface area contributed by atoms with Gasteiger partial charge in [0.25, 0.3) is 5.56 Å². The summed E-state index contributed by atoms with van der Waals surface area (Å²) in [6.45, 7) is 6.00. The second-order valence-corrected chi connectivity index (χ2v) is 7.24. The average molecular weight is 407 g/mol. The number of fused-ring (bicyclic) bond motifs is 1. The molecule has 0 spiro atoms. The summed E-state index contributed by atoms with van der Waals surface area (Å²) in [5.41, 5.74) is 3.66. The number of H-pyrrole nitrogens is 1. The van der Waals surface area contributed by atoms with Gasteiger partial charge in [0.2, 0.25) is 0 Å². The maximum atomic E-state index is 13.1. The zero-order valence-electron chi connectivity index (χ0n) is 17.6. The van der Waals surface area contributed by atoms with Gasteiger partial charge in [-0.1, -0.05) is 19.4 Å². The molecule has 2 heterocycles. The molecule has 7 nitrogen and oxygen atoms in total. The molecule has 0 saturated heterocycles. The summed E-state index contributed by atoms with van der Waals surface area (Å²) in [7, 11) is 1.50. The molecule has 1 aliphatic heterocycles. The van der Waals surface area contributed by atoms with Crippen LogP contribution in [0.2, 0.25) is 0 Å². The van der Waals surface area contributed by atoms with Crippen LogP contribution in [0.4, 0.5) is 5.69 Å². The Labute approximate surface area is 175 Å². The van der Waals surface area contributed by atoms with Crippen LogP contribution in [0, 0.1) is 18.3 Å². The van der Waals surface area contributed by atoms with Crippen LogP contribution in [0.3, 0.4) is 0 Å². The lowest BCUT2D eigenvalue weighted by Crippen LogP contribution is -2.30. The standard InChI is InChI=1S/C23H25N3O4/c1-5-6-9-30-23(28)18-14(3)26-21-13(2)12-25-22(27)20(21)19(18)16-8-7-15(11-24)10-17(16)29-4/h7-8,10,12,19,26H,5-6,9H2,1-4H3,(H,25,27). The summed E-state index contributed by atoms with van der Waals surface area (Å²) < 4.78 is 11.0. The van der Waals surface area contributed by atoms with Crippen molar-refractivity contribution in [3.05, 3.63) is 68.3 Å². The summed E-state index contributed by atoms with van der Waals surface area (Å²) in [6.07, 6.45) is 3.30. The Balaban J connectivity index is 2.25. The molecule has 2 aromatic rings. The van der Waals surface area contributed by atoms with E-state index in [0.29, 0.717) is 46.0 Å². The van der Waals surface area contributed by atoms with Crippen molar-refractivity contribution in [2.45, 2.75) is 39.5 Å². The Hall–Kier alpha value is -3.53. The number of anilines is 1. The summed E-state index contributed by atoms with van der Waals surface area (Å²) in [5.74, 6) is -0.738. The fraction of sp³-hybridized carbons (Fsp3) is 0.348. The van der Waals surface area contributed by atoms with Crippen LogP contribution in [-0.2, 0) is 9.53 Å². The molecule has 156 valence electrons. The normalized spacial score (nSPS) is 15.1. The van der Waals surface area contributed by atoms with Crippen molar-refractivity contribution in [2.75, 3.05) is 19.0 Å². The molecule has 30 heavy (non-hydrogen) atoms. The second-order valence-electron chi connectivity index (χ2n) is 7.24. The fourth-order valence-corrected chi connectivity index (χ4v) is 3.69. The van der Waals surface area contributed by atoms with Crippen molar-refractivity contribution in [3.8, 4) is 11.8 Å². The van der Waals surface area contributed by atoms with Crippen molar-refractivity contribution < 1.29 is 14.3 Å². The predicted molar refractivity (Wildman–Crippen MR) is 114 cm³/mol. The largest absolute Gasteiger partial charge is 0.496 e. The van der Waals surface area contributed by atoms with Crippen LogP contribution >= 0.6 is 0 Å². The molecular formula is C23H25N3O4. The summed E-state index contributed by atoms with van der Waals surface area (Å²) >= 11 is 0. The van der Waals surface area contributed by atoms with Gasteiger partial charge in [-0.3, -0.25) is 4.79 Å². The van der Waals surface area contributed by atoms with Gasteiger partial charge in [0.05, 0.1) is 48.1 Å². The van der Waals surface area contributed by atoms with Crippen LogP contribution in [0.1, 0.15) is 54.9 Å². The number of nitrogens with zero attached hydrogens (tertiary/aromatic N) is 1. The van der Waals surface area contributed by atoms with Gasteiger partial charge in [-0.15, -0.1) is 0 Å². The monoisotopic (exact) mass is 407 g/mol. The number of pyridine rings is 1. The molecule has 1 aliphatic rings. The Morgan fingerprint density at radius 2 is 2.07 bits per heavy atom.